The van der Waals surface area contributed by atoms with Crippen molar-refractivity contribution in [3.05, 3.63) is 35.9 Å². The van der Waals surface area contributed by atoms with Crippen molar-refractivity contribution in [2.75, 3.05) is 32.8 Å². The number of morpholine rings is 1. The molecule has 2 heterocycles. The maximum Gasteiger partial charge on any atom is 0.233 e. The van der Waals surface area contributed by atoms with Gasteiger partial charge in [0.05, 0.1) is 24.7 Å². The summed E-state index contributed by atoms with van der Waals surface area (Å²) in [5.74, 6) is 0.283. The van der Waals surface area contributed by atoms with Gasteiger partial charge in [0.25, 0.3) is 0 Å². The molecule has 1 N–H and O–H groups in total. The zero-order chi connectivity index (χ0) is 14.7. The predicted molar refractivity (Wildman–Crippen MR) is 82.2 cm³/mol. The van der Waals surface area contributed by atoms with Gasteiger partial charge in [0.2, 0.25) is 5.91 Å². The van der Waals surface area contributed by atoms with Crippen molar-refractivity contribution in [2.24, 2.45) is 0 Å². The van der Waals surface area contributed by atoms with Crippen LogP contribution in [-0.4, -0.2) is 49.7 Å². The van der Waals surface area contributed by atoms with Crippen LogP contribution in [-0.2, 0) is 14.9 Å². The molecule has 0 aliphatic carbocycles. The molecule has 4 nitrogen and oxygen atoms in total. The Balaban J connectivity index is 1.93. The van der Waals surface area contributed by atoms with Gasteiger partial charge in [-0.1, -0.05) is 30.3 Å². The smallest absolute Gasteiger partial charge is 0.233 e. The van der Waals surface area contributed by atoms with Gasteiger partial charge in [-0.3, -0.25) is 4.79 Å². The number of ether oxygens (including phenoxy) is 1. The van der Waals surface area contributed by atoms with Gasteiger partial charge in [-0.15, -0.1) is 0 Å². The van der Waals surface area contributed by atoms with E-state index in [2.05, 4.69) is 24.4 Å². The van der Waals surface area contributed by atoms with Gasteiger partial charge in [0.15, 0.2) is 0 Å². The molecule has 3 rings (SSSR count). The Labute approximate surface area is 126 Å². The lowest BCUT2D eigenvalue weighted by Crippen LogP contribution is -2.57. The van der Waals surface area contributed by atoms with Gasteiger partial charge >= 0.3 is 0 Å². The summed E-state index contributed by atoms with van der Waals surface area (Å²) < 4.78 is 5.48. The van der Waals surface area contributed by atoms with Gasteiger partial charge in [0.1, 0.15) is 0 Å². The van der Waals surface area contributed by atoms with E-state index in [1.807, 2.05) is 23.1 Å². The third-order valence-corrected chi connectivity index (χ3v) is 4.82. The molecule has 114 valence electrons. The third kappa shape index (κ3) is 2.70. The quantitative estimate of drug-likeness (QED) is 0.898. The van der Waals surface area contributed by atoms with Gasteiger partial charge < -0.3 is 15.0 Å². The van der Waals surface area contributed by atoms with Crippen LogP contribution in [0, 0.1) is 0 Å². The number of nitrogens with zero attached hydrogens (tertiary/aromatic N) is 1. The molecule has 1 atom stereocenters. The first-order valence-electron chi connectivity index (χ1n) is 7.89. The number of hydrogen-bond donors (Lipinski definition) is 1. The number of amides is 1. The maximum absolute atomic E-state index is 13.3. The minimum atomic E-state index is -0.363. The molecule has 1 amide bonds. The molecule has 21 heavy (non-hydrogen) atoms. The number of nitrogens with one attached hydrogen (secondary N) is 1. The van der Waals surface area contributed by atoms with Crippen LogP contribution < -0.4 is 5.32 Å². The maximum atomic E-state index is 13.3. The van der Waals surface area contributed by atoms with Crippen molar-refractivity contribution >= 4 is 5.91 Å². The van der Waals surface area contributed by atoms with Crippen molar-refractivity contribution in [2.45, 2.75) is 31.2 Å². The molecule has 0 aromatic heterocycles. The summed E-state index contributed by atoms with van der Waals surface area (Å²) in [6.07, 6.45) is 1.75. The second-order valence-electron chi connectivity index (χ2n) is 6.12. The fourth-order valence-electron chi connectivity index (χ4n) is 3.54. The largest absolute Gasteiger partial charge is 0.377 e. The van der Waals surface area contributed by atoms with Crippen LogP contribution >= 0.6 is 0 Å². The highest BCUT2D eigenvalue weighted by molar-refractivity contribution is 5.89. The molecular weight excluding hydrogens is 264 g/mol. The standard InChI is InChI=1S/C17H24N2O2/c1-14-13-21-12-11-19(14)16(20)17(7-9-18-10-8-17)15-5-3-2-4-6-15/h2-6,14,18H,7-13H2,1H3/t14-/m1/s1. The van der Waals surface area contributed by atoms with Crippen molar-refractivity contribution in [3.63, 3.8) is 0 Å². The molecular formula is C17H24N2O2. The number of rotatable bonds is 2. The molecule has 2 fully saturated rings. The summed E-state index contributed by atoms with van der Waals surface area (Å²) in [6.45, 7) is 5.89. The molecule has 2 aliphatic heterocycles. The minimum absolute atomic E-state index is 0.168. The molecule has 1 aromatic carbocycles. The SMILES string of the molecule is C[C@@H]1COCCN1C(=O)C1(c2ccccc2)CCNCC1. The second kappa shape index (κ2) is 6.16. The van der Waals surface area contributed by atoms with Gasteiger partial charge in [0, 0.05) is 6.54 Å². The van der Waals surface area contributed by atoms with E-state index < -0.39 is 0 Å². The zero-order valence-corrected chi connectivity index (χ0v) is 12.7. The number of hydrogen-bond acceptors (Lipinski definition) is 3. The summed E-state index contributed by atoms with van der Waals surface area (Å²) in [4.78, 5) is 15.4. The molecule has 2 saturated heterocycles. The zero-order valence-electron chi connectivity index (χ0n) is 12.7. The van der Waals surface area contributed by atoms with E-state index in [1.165, 1.54) is 0 Å². The predicted octanol–water partition coefficient (Wildman–Crippen LogP) is 1.56. The van der Waals surface area contributed by atoms with Crippen molar-refractivity contribution in [1.29, 1.82) is 0 Å². The molecule has 0 spiro atoms. The van der Waals surface area contributed by atoms with Gasteiger partial charge in [-0.05, 0) is 38.4 Å². The Hall–Kier alpha value is -1.39. The first-order valence-corrected chi connectivity index (χ1v) is 7.89. The molecule has 0 saturated carbocycles. The highest BCUT2D eigenvalue weighted by Crippen LogP contribution is 2.36. The number of piperidine rings is 1. The van der Waals surface area contributed by atoms with Crippen molar-refractivity contribution in [1.82, 2.24) is 10.2 Å². The van der Waals surface area contributed by atoms with E-state index in [-0.39, 0.29) is 17.4 Å². The average molecular weight is 288 g/mol. The number of carbonyl (C=O) groups is 1. The van der Waals surface area contributed by atoms with Crippen LogP contribution in [0.1, 0.15) is 25.3 Å². The van der Waals surface area contributed by atoms with Crippen LogP contribution in [0.25, 0.3) is 0 Å². The lowest BCUT2D eigenvalue weighted by atomic mass is 9.71. The Morgan fingerprint density at radius 1 is 1.29 bits per heavy atom. The highest BCUT2D eigenvalue weighted by atomic mass is 16.5. The molecule has 0 radical (unpaired) electrons. The summed E-state index contributed by atoms with van der Waals surface area (Å²) in [5, 5.41) is 3.38. The number of benzene rings is 1. The van der Waals surface area contributed by atoms with E-state index in [9.17, 15) is 4.79 Å². The van der Waals surface area contributed by atoms with Crippen molar-refractivity contribution < 1.29 is 9.53 Å². The Kier molecular flexibility index (Phi) is 4.27. The molecule has 1 aromatic rings. The first-order chi connectivity index (χ1) is 10.2. The Morgan fingerprint density at radius 2 is 2.00 bits per heavy atom. The van der Waals surface area contributed by atoms with Gasteiger partial charge in [-0.2, -0.15) is 0 Å². The number of carbonyl (C=O) groups excluding carboxylic acids is 1. The fraction of sp³-hybridized carbons (Fsp3) is 0.588. The highest BCUT2D eigenvalue weighted by Gasteiger charge is 2.44. The Morgan fingerprint density at radius 3 is 2.67 bits per heavy atom. The third-order valence-electron chi connectivity index (χ3n) is 4.82. The van der Waals surface area contributed by atoms with E-state index in [0.29, 0.717) is 19.8 Å². The summed E-state index contributed by atoms with van der Waals surface area (Å²) in [7, 11) is 0. The van der Waals surface area contributed by atoms with Crippen LogP contribution in [0.3, 0.4) is 0 Å². The topological polar surface area (TPSA) is 41.6 Å². The molecule has 0 unspecified atom stereocenters. The monoisotopic (exact) mass is 288 g/mol. The minimum Gasteiger partial charge on any atom is -0.377 e. The van der Waals surface area contributed by atoms with Crippen LogP contribution in [0.2, 0.25) is 0 Å². The van der Waals surface area contributed by atoms with E-state index in [1.54, 1.807) is 0 Å². The average Bonchev–Trinajstić information content (AvgIpc) is 2.56. The second-order valence-corrected chi connectivity index (χ2v) is 6.12. The lowest BCUT2D eigenvalue weighted by Gasteiger charge is -2.43. The fourth-order valence-corrected chi connectivity index (χ4v) is 3.54. The van der Waals surface area contributed by atoms with Crippen LogP contribution in [0.5, 0.6) is 0 Å². The van der Waals surface area contributed by atoms with Crippen LogP contribution in [0.15, 0.2) is 30.3 Å². The van der Waals surface area contributed by atoms with E-state index >= 15 is 0 Å². The summed E-state index contributed by atoms with van der Waals surface area (Å²) in [5.41, 5.74) is 0.799. The van der Waals surface area contributed by atoms with Gasteiger partial charge in [-0.25, -0.2) is 0 Å². The molecule has 2 aliphatic rings. The summed E-state index contributed by atoms with van der Waals surface area (Å²) >= 11 is 0. The van der Waals surface area contributed by atoms with Crippen molar-refractivity contribution in [3.8, 4) is 0 Å². The Bertz CT molecular complexity index is 483. The molecule has 4 heteroatoms. The normalized spacial score (nSPS) is 25.6. The summed E-state index contributed by atoms with van der Waals surface area (Å²) in [6, 6.07) is 10.5. The molecule has 0 bridgehead atoms. The first kappa shape index (κ1) is 14.5. The van der Waals surface area contributed by atoms with Crippen LogP contribution in [0.4, 0.5) is 0 Å². The van der Waals surface area contributed by atoms with E-state index in [0.717, 1.165) is 31.5 Å². The van der Waals surface area contributed by atoms with E-state index in [4.69, 9.17) is 4.74 Å². The lowest BCUT2D eigenvalue weighted by molar-refractivity contribution is -0.146.